The van der Waals surface area contributed by atoms with Gasteiger partial charge in [-0.25, -0.2) is 0 Å². The molecule has 2 heteroatoms. The summed E-state index contributed by atoms with van der Waals surface area (Å²) < 4.78 is 0. The van der Waals surface area contributed by atoms with E-state index in [9.17, 15) is 9.59 Å². The van der Waals surface area contributed by atoms with Crippen LogP contribution in [-0.4, -0.2) is 11.6 Å². The molecule has 0 spiro atoms. The van der Waals surface area contributed by atoms with E-state index in [4.69, 9.17) is 0 Å². The lowest BCUT2D eigenvalue weighted by atomic mass is 10.1. The molecule has 0 amide bonds. The Balaban J connectivity index is 0. The molecule has 0 aromatic carbocycles. The minimum atomic E-state index is 0.333. The second kappa shape index (κ2) is 13.3. The maximum Gasteiger partial charge on any atom is 0.132 e. The molecule has 1 saturated carbocycles. The largest absolute Gasteiger partial charge is 0.300 e. The first kappa shape index (κ1) is 16.8. The fourth-order valence-corrected chi connectivity index (χ4v) is 1.38. The quantitative estimate of drug-likeness (QED) is 0.612. The van der Waals surface area contributed by atoms with Crippen LogP contribution in [0.25, 0.3) is 0 Å². The zero-order chi connectivity index (χ0) is 12.1. The highest BCUT2D eigenvalue weighted by Gasteiger charge is 2.08. The molecule has 0 atom stereocenters. The molecule has 0 aliphatic heterocycles. The Morgan fingerprint density at radius 1 is 0.600 bits per heavy atom. The second-order valence-corrected chi connectivity index (χ2v) is 3.14. The number of rotatable bonds is 0. The number of carbonyl (C=O) groups excluding carboxylic acids is 2. The summed E-state index contributed by atoms with van der Waals surface area (Å²) in [5.74, 6) is 0.666. The van der Waals surface area contributed by atoms with Gasteiger partial charge in [0.15, 0.2) is 0 Å². The molecule has 15 heavy (non-hydrogen) atoms. The minimum absolute atomic E-state index is 0.333. The van der Waals surface area contributed by atoms with Gasteiger partial charge in [-0.05, 0) is 19.3 Å². The molecule has 0 unspecified atom stereocenters. The molecular weight excluding hydrogens is 188 g/mol. The highest BCUT2D eigenvalue weighted by atomic mass is 16.1. The Kier molecular flexibility index (Phi) is 14.9. The van der Waals surface area contributed by atoms with E-state index in [1.54, 1.807) is 0 Å². The molecule has 1 fully saturated rings. The summed E-state index contributed by atoms with van der Waals surface area (Å²) in [6.07, 6.45) is 5.20. The molecule has 1 aliphatic rings. The zero-order valence-electron chi connectivity index (χ0n) is 10.8. The topological polar surface area (TPSA) is 34.1 Å². The van der Waals surface area contributed by atoms with Gasteiger partial charge in [0, 0.05) is 25.7 Å². The molecule has 0 radical (unpaired) electrons. The number of ketones is 2. The summed E-state index contributed by atoms with van der Waals surface area (Å²) in [7, 11) is 0. The van der Waals surface area contributed by atoms with Gasteiger partial charge >= 0.3 is 0 Å². The van der Waals surface area contributed by atoms with Crippen LogP contribution in [0.3, 0.4) is 0 Å². The standard InChI is InChI=1S/C9H14O2.2C2H6/c10-8-4-1-2-5-9(11)7-3-6-8;2*1-2/h1-7H2;2*1-2H3. The van der Waals surface area contributed by atoms with E-state index in [2.05, 4.69) is 0 Å². The van der Waals surface area contributed by atoms with E-state index in [-0.39, 0.29) is 0 Å². The fourth-order valence-electron chi connectivity index (χ4n) is 1.38. The zero-order valence-corrected chi connectivity index (χ0v) is 10.8. The van der Waals surface area contributed by atoms with Crippen LogP contribution >= 0.6 is 0 Å². The average Bonchev–Trinajstić information content (AvgIpc) is 2.37. The van der Waals surface area contributed by atoms with Crippen LogP contribution in [0.1, 0.15) is 72.6 Å². The van der Waals surface area contributed by atoms with Crippen molar-refractivity contribution < 1.29 is 9.59 Å². The van der Waals surface area contributed by atoms with Crippen molar-refractivity contribution in [3.05, 3.63) is 0 Å². The Morgan fingerprint density at radius 3 is 1.20 bits per heavy atom. The van der Waals surface area contributed by atoms with E-state index < -0.39 is 0 Å². The third kappa shape index (κ3) is 11.3. The van der Waals surface area contributed by atoms with Crippen molar-refractivity contribution in [1.29, 1.82) is 0 Å². The number of hydrogen-bond acceptors (Lipinski definition) is 2. The van der Waals surface area contributed by atoms with Gasteiger partial charge in [0.25, 0.3) is 0 Å². The molecule has 0 aromatic rings. The molecule has 2 nitrogen and oxygen atoms in total. The van der Waals surface area contributed by atoms with Crippen LogP contribution in [0.4, 0.5) is 0 Å². The molecule has 1 aliphatic carbocycles. The lowest BCUT2D eigenvalue weighted by Crippen LogP contribution is -1.97. The van der Waals surface area contributed by atoms with Crippen molar-refractivity contribution in [2.45, 2.75) is 72.6 Å². The molecule has 0 heterocycles. The lowest BCUT2D eigenvalue weighted by molar-refractivity contribution is -0.119. The first-order valence-corrected chi connectivity index (χ1v) is 6.32. The summed E-state index contributed by atoms with van der Waals surface area (Å²) in [6, 6.07) is 0. The van der Waals surface area contributed by atoms with Crippen LogP contribution in [0.15, 0.2) is 0 Å². The van der Waals surface area contributed by atoms with Crippen molar-refractivity contribution in [3.8, 4) is 0 Å². The molecule has 90 valence electrons. The first-order chi connectivity index (χ1) is 7.29. The highest BCUT2D eigenvalue weighted by molar-refractivity contribution is 5.82. The summed E-state index contributed by atoms with van der Waals surface area (Å²) in [6.45, 7) is 8.00. The smallest absolute Gasteiger partial charge is 0.132 e. The van der Waals surface area contributed by atoms with E-state index in [0.717, 1.165) is 19.3 Å². The van der Waals surface area contributed by atoms with Gasteiger partial charge in [-0.15, -0.1) is 0 Å². The van der Waals surface area contributed by atoms with E-state index >= 15 is 0 Å². The third-order valence-electron chi connectivity index (χ3n) is 2.07. The molecular formula is C13H26O2. The predicted molar refractivity (Wildman–Crippen MR) is 65.0 cm³/mol. The predicted octanol–water partition coefficient (Wildman–Crippen LogP) is 3.92. The Hall–Kier alpha value is -0.660. The second-order valence-electron chi connectivity index (χ2n) is 3.14. The van der Waals surface area contributed by atoms with Crippen LogP contribution in [-0.2, 0) is 9.59 Å². The first-order valence-electron chi connectivity index (χ1n) is 6.32. The maximum atomic E-state index is 11.0. The Bertz CT molecular complexity index is 144. The number of carbonyl (C=O) groups is 2. The van der Waals surface area contributed by atoms with Gasteiger partial charge < -0.3 is 0 Å². The van der Waals surface area contributed by atoms with Crippen molar-refractivity contribution >= 4 is 11.6 Å². The summed E-state index contributed by atoms with van der Waals surface area (Å²) in [5, 5.41) is 0. The minimum Gasteiger partial charge on any atom is -0.300 e. The third-order valence-corrected chi connectivity index (χ3v) is 2.07. The fraction of sp³-hybridized carbons (Fsp3) is 0.846. The number of hydrogen-bond donors (Lipinski definition) is 0. The van der Waals surface area contributed by atoms with Crippen LogP contribution in [0.2, 0.25) is 0 Å². The van der Waals surface area contributed by atoms with Crippen molar-refractivity contribution in [3.63, 3.8) is 0 Å². The average molecular weight is 214 g/mol. The lowest BCUT2D eigenvalue weighted by Gasteiger charge is -1.93. The SMILES string of the molecule is CC.CC.O=C1CCCCC(=O)CCC1. The van der Waals surface area contributed by atoms with Crippen molar-refractivity contribution in [2.24, 2.45) is 0 Å². The van der Waals surface area contributed by atoms with E-state index in [1.807, 2.05) is 27.7 Å². The summed E-state index contributed by atoms with van der Waals surface area (Å²) >= 11 is 0. The van der Waals surface area contributed by atoms with Gasteiger partial charge in [0.1, 0.15) is 11.6 Å². The van der Waals surface area contributed by atoms with Gasteiger partial charge in [0.2, 0.25) is 0 Å². The van der Waals surface area contributed by atoms with Crippen molar-refractivity contribution in [1.82, 2.24) is 0 Å². The molecule has 0 bridgehead atoms. The van der Waals surface area contributed by atoms with Gasteiger partial charge in [-0.2, -0.15) is 0 Å². The van der Waals surface area contributed by atoms with E-state index in [0.29, 0.717) is 37.2 Å². The van der Waals surface area contributed by atoms with E-state index in [1.165, 1.54) is 0 Å². The van der Waals surface area contributed by atoms with Gasteiger partial charge in [-0.1, -0.05) is 27.7 Å². The van der Waals surface area contributed by atoms with Gasteiger partial charge in [-0.3, -0.25) is 9.59 Å². The van der Waals surface area contributed by atoms with Crippen LogP contribution < -0.4 is 0 Å². The van der Waals surface area contributed by atoms with Crippen LogP contribution in [0, 0.1) is 0 Å². The van der Waals surface area contributed by atoms with Crippen molar-refractivity contribution in [2.75, 3.05) is 0 Å². The number of Topliss-reactive ketones (excluding diaryl/α,β-unsaturated/α-hetero) is 2. The van der Waals surface area contributed by atoms with Gasteiger partial charge in [0.05, 0.1) is 0 Å². The maximum absolute atomic E-state index is 11.0. The van der Waals surface area contributed by atoms with Crippen LogP contribution in [0.5, 0.6) is 0 Å². The molecule has 0 saturated heterocycles. The Labute approximate surface area is 94.4 Å². The monoisotopic (exact) mass is 214 g/mol. The molecule has 1 rings (SSSR count). The highest BCUT2D eigenvalue weighted by Crippen LogP contribution is 2.11. The molecule has 0 N–H and O–H groups in total. The molecule has 0 aromatic heterocycles. The summed E-state index contributed by atoms with van der Waals surface area (Å²) in [4.78, 5) is 22.0. The normalized spacial score (nSPS) is 17.1. The Morgan fingerprint density at radius 2 is 0.867 bits per heavy atom. The summed E-state index contributed by atoms with van der Waals surface area (Å²) in [5.41, 5.74) is 0.